The number of carbonyl (C=O) groups excluding carboxylic acids is 1. The number of ether oxygens (including phenoxy) is 2. The Morgan fingerprint density at radius 3 is 2.20 bits per heavy atom. The van der Waals surface area contributed by atoms with E-state index in [0.29, 0.717) is 23.6 Å². The maximum atomic E-state index is 12.5. The van der Waals surface area contributed by atoms with Crippen molar-refractivity contribution < 1.29 is 14.3 Å². The van der Waals surface area contributed by atoms with E-state index in [1.54, 1.807) is 26.4 Å². The van der Waals surface area contributed by atoms with Gasteiger partial charge >= 0.3 is 0 Å². The molecule has 0 unspecified atom stereocenters. The van der Waals surface area contributed by atoms with E-state index in [-0.39, 0.29) is 5.91 Å². The van der Waals surface area contributed by atoms with Crippen LogP contribution in [0.25, 0.3) is 0 Å². The zero-order chi connectivity index (χ0) is 18.1. The fraction of sp³-hybridized carbons (Fsp3) is 0.632. The van der Waals surface area contributed by atoms with Crippen molar-refractivity contribution in [1.82, 2.24) is 15.1 Å². The summed E-state index contributed by atoms with van der Waals surface area (Å²) < 4.78 is 10.6. The molecule has 140 valence electrons. The first-order valence-corrected chi connectivity index (χ1v) is 9.13. The topological polar surface area (TPSA) is 54.0 Å². The van der Waals surface area contributed by atoms with E-state index in [0.717, 1.165) is 39.0 Å². The molecule has 6 nitrogen and oxygen atoms in total. The van der Waals surface area contributed by atoms with Gasteiger partial charge in [-0.2, -0.15) is 0 Å². The summed E-state index contributed by atoms with van der Waals surface area (Å²) in [5, 5.41) is 2.98. The highest BCUT2D eigenvalue weighted by Gasteiger charge is 2.18. The van der Waals surface area contributed by atoms with Crippen LogP contribution in [-0.4, -0.2) is 75.7 Å². The van der Waals surface area contributed by atoms with Gasteiger partial charge in [-0.25, -0.2) is 0 Å². The van der Waals surface area contributed by atoms with Gasteiger partial charge in [0.05, 0.1) is 14.2 Å². The maximum Gasteiger partial charge on any atom is 0.258 e. The second kappa shape index (κ2) is 10.3. The van der Waals surface area contributed by atoms with Crippen molar-refractivity contribution in [3.63, 3.8) is 0 Å². The molecule has 1 aromatic carbocycles. The van der Waals surface area contributed by atoms with Gasteiger partial charge in [-0.15, -0.1) is 0 Å². The van der Waals surface area contributed by atoms with E-state index in [9.17, 15) is 4.79 Å². The van der Waals surface area contributed by atoms with Crippen LogP contribution in [0.2, 0.25) is 0 Å². The van der Waals surface area contributed by atoms with Crippen molar-refractivity contribution >= 4 is 5.91 Å². The van der Waals surface area contributed by atoms with Crippen LogP contribution in [0.1, 0.15) is 30.1 Å². The average Bonchev–Trinajstić information content (AvgIpc) is 2.67. The molecule has 25 heavy (non-hydrogen) atoms. The van der Waals surface area contributed by atoms with Crippen LogP contribution >= 0.6 is 0 Å². The third-order valence-electron chi connectivity index (χ3n) is 4.75. The minimum Gasteiger partial charge on any atom is -0.496 e. The lowest BCUT2D eigenvalue weighted by Gasteiger charge is -2.33. The summed E-state index contributed by atoms with van der Waals surface area (Å²) in [6.07, 6.45) is 2.06. The lowest BCUT2D eigenvalue weighted by atomic mass is 10.1. The molecular formula is C19H31N3O3. The number of likely N-dealkylation sites (N-methyl/N-ethyl adjacent to an activating group) is 1. The van der Waals surface area contributed by atoms with Crippen molar-refractivity contribution in [3.05, 3.63) is 23.8 Å². The fourth-order valence-electron chi connectivity index (χ4n) is 3.15. The highest BCUT2D eigenvalue weighted by Crippen LogP contribution is 2.27. The zero-order valence-electron chi connectivity index (χ0n) is 15.7. The number of hydrogen-bond acceptors (Lipinski definition) is 5. The van der Waals surface area contributed by atoms with Gasteiger partial charge < -0.3 is 24.6 Å². The van der Waals surface area contributed by atoms with Gasteiger partial charge in [-0.05, 0) is 38.1 Å². The van der Waals surface area contributed by atoms with E-state index in [1.165, 1.54) is 13.1 Å². The van der Waals surface area contributed by atoms with Gasteiger partial charge in [0.1, 0.15) is 17.1 Å². The second-order valence-corrected chi connectivity index (χ2v) is 6.28. The molecule has 0 aromatic heterocycles. The van der Waals surface area contributed by atoms with E-state index >= 15 is 0 Å². The fourth-order valence-corrected chi connectivity index (χ4v) is 3.15. The minimum absolute atomic E-state index is 0.147. The average molecular weight is 349 g/mol. The lowest BCUT2D eigenvalue weighted by Crippen LogP contribution is -2.46. The van der Waals surface area contributed by atoms with Crippen LogP contribution in [-0.2, 0) is 0 Å². The van der Waals surface area contributed by atoms with E-state index in [1.807, 2.05) is 6.07 Å². The van der Waals surface area contributed by atoms with Crippen LogP contribution in [0.5, 0.6) is 11.5 Å². The molecule has 1 heterocycles. The van der Waals surface area contributed by atoms with Gasteiger partial charge in [-0.1, -0.05) is 13.0 Å². The number of unbranched alkanes of at least 4 members (excludes halogenated alkanes) is 1. The van der Waals surface area contributed by atoms with Gasteiger partial charge in [0, 0.05) is 32.7 Å². The quantitative estimate of drug-likeness (QED) is 0.690. The van der Waals surface area contributed by atoms with E-state index in [4.69, 9.17) is 9.47 Å². The van der Waals surface area contributed by atoms with Crippen LogP contribution < -0.4 is 14.8 Å². The minimum atomic E-state index is -0.147. The summed E-state index contributed by atoms with van der Waals surface area (Å²) in [4.78, 5) is 17.4. The smallest absolute Gasteiger partial charge is 0.258 e. The number of hydrogen-bond donors (Lipinski definition) is 1. The van der Waals surface area contributed by atoms with Crippen LogP contribution in [0, 0.1) is 0 Å². The molecule has 1 fully saturated rings. The summed E-state index contributed by atoms with van der Waals surface area (Å²) in [6.45, 7) is 9.76. The molecule has 2 rings (SSSR count). The number of carbonyl (C=O) groups is 1. The van der Waals surface area contributed by atoms with Gasteiger partial charge in [0.15, 0.2) is 0 Å². The number of piperazine rings is 1. The summed E-state index contributed by atoms with van der Waals surface area (Å²) in [7, 11) is 3.12. The summed E-state index contributed by atoms with van der Waals surface area (Å²) in [6, 6.07) is 5.35. The van der Waals surface area contributed by atoms with Gasteiger partial charge in [-0.3, -0.25) is 4.79 Å². The number of nitrogens with one attached hydrogen (secondary N) is 1. The third kappa shape index (κ3) is 5.61. The number of nitrogens with zero attached hydrogens (tertiary/aromatic N) is 2. The van der Waals surface area contributed by atoms with Crippen LogP contribution in [0.4, 0.5) is 0 Å². The molecule has 1 aliphatic rings. The van der Waals surface area contributed by atoms with Crippen LogP contribution in [0.15, 0.2) is 18.2 Å². The Bertz CT molecular complexity index is 520. The van der Waals surface area contributed by atoms with Crippen molar-refractivity contribution in [2.75, 3.05) is 60.0 Å². The number of methoxy groups -OCH3 is 2. The first kappa shape index (κ1) is 19.5. The monoisotopic (exact) mass is 349 g/mol. The molecule has 0 saturated carbocycles. The van der Waals surface area contributed by atoms with Crippen molar-refractivity contribution in [1.29, 1.82) is 0 Å². The Morgan fingerprint density at radius 1 is 1.04 bits per heavy atom. The first-order chi connectivity index (χ1) is 12.2. The Morgan fingerprint density at radius 2 is 1.64 bits per heavy atom. The van der Waals surface area contributed by atoms with E-state index in [2.05, 4.69) is 22.0 Å². The van der Waals surface area contributed by atoms with Crippen molar-refractivity contribution in [2.45, 2.75) is 19.8 Å². The predicted octanol–water partition coefficient (Wildman–Crippen LogP) is 1.85. The Hall–Kier alpha value is -1.79. The first-order valence-electron chi connectivity index (χ1n) is 9.13. The molecule has 6 heteroatoms. The molecule has 0 atom stereocenters. The predicted molar refractivity (Wildman–Crippen MR) is 99.7 cm³/mol. The largest absolute Gasteiger partial charge is 0.496 e. The molecule has 0 bridgehead atoms. The van der Waals surface area contributed by atoms with E-state index < -0.39 is 0 Å². The lowest BCUT2D eigenvalue weighted by molar-refractivity contribution is 0.0945. The SMILES string of the molecule is CCN1CCN(CCCCNC(=O)c2c(OC)cccc2OC)CC1. The standard InChI is InChI=1S/C19H31N3O3/c1-4-21-12-14-22(15-13-21)11-6-5-10-20-19(23)18-16(24-2)8-7-9-17(18)25-3/h7-9H,4-6,10-15H2,1-3H3,(H,20,23). The third-order valence-corrected chi connectivity index (χ3v) is 4.75. The molecular weight excluding hydrogens is 318 g/mol. The number of benzene rings is 1. The number of amides is 1. The molecule has 0 radical (unpaired) electrons. The molecule has 1 amide bonds. The maximum absolute atomic E-state index is 12.5. The zero-order valence-corrected chi connectivity index (χ0v) is 15.7. The summed E-state index contributed by atoms with van der Waals surface area (Å²) in [5.41, 5.74) is 0.461. The Labute approximate surface area is 151 Å². The Kier molecular flexibility index (Phi) is 8.01. The molecule has 0 aliphatic carbocycles. The molecule has 1 saturated heterocycles. The highest BCUT2D eigenvalue weighted by molar-refractivity contribution is 5.99. The van der Waals surface area contributed by atoms with Gasteiger partial charge in [0.25, 0.3) is 5.91 Å². The molecule has 1 aromatic rings. The molecule has 1 N–H and O–H groups in total. The summed E-state index contributed by atoms with van der Waals surface area (Å²) >= 11 is 0. The Balaban J connectivity index is 1.71. The molecule has 1 aliphatic heterocycles. The molecule has 0 spiro atoms. The van der Waals surface area contributed by atoms with Crippen molar-refractivity contribution in [3.8, 4) is 11.5 Å². The normalized spacial score (nSPS) is 15.8. The highest BCUT2D eigenvalue weighted by atomic mass is 16.5. The summed E-state index contributed by atoms with van der Waals surface area (Å²) in [5.74, 6) is 0.919. The van der Waals surface area contributed by atoms with Gasteiger partial charge in [0.2, 0.25) is 0 Å². The van der Waals surface area contributed by atoms with Crippen molar-refractivity contribution in [2.24, 2.45) is 0 Å². The van der Waals surface area contributed by atoms with Crippen LogP contribution in [0.3, 0.4) is 0 Å². The second-order valence-electron chi connectivity index (χ2n) is 6.28. The number of rotatable bonds is 9.